The highest BCUT2D eigenvalue weighted by molar-refractivity contribution is 5.85. The first-order chi connectivity index (χ1) is 9.67. The van der Waals surface area contributed by atoms with E-state index in [1.807, 2.05) is 43.3 Å². The second-order valence-electron chi connectivity index (χ2n) is 4.72. The molecular weight excluding hydrogens is 252 g/mol. The summed E-state index contributed by atoms with van der Waals surface area (Å²) < 4.78 is 10.6. The molecule has 0 aliphatic carbocycles. The van der Waals surface area contributed by atoms with Crippen molar-refractivity contribution < 1.29 is 9.15 Å². The molecule has 0 spiro atoms. The fourth-order valence-electron chi connectivity index (χ4n) is 2.16. The molecule has 0 aliphatic rings. The number of benzene rings is 2. The summed E-state index contributed by atoms with van der Waals surface area (Å²) in [6, 6.07) is 15.0. The molecule has 3 nitrogen and oxygen atoms in total. The summed E-state index contributed by atoms with van der Waals surface area (Å²) in [5, 5.41) is 1.37. The predicted molar refractivity (Wildman–Crippen MR) is 79.2 cm³/mol. The van der Waals surface area contributed by atoms with Crippen molar-refractivity contribution in [3.05, 3.63) is 64.5 Å². The SMILES string of the molecule is COc1ccc2c(=O)oc(-c3ccc(C)cc3)cc2c1. The number of hydrogen-bond acceptors (Lipinski definition) is 3. The fourth-order valence-corrected chi connectivity index (χ4v) is 2.16. The van der Waals surface area contributed by atoms with Crippen LogP contribution in [0.4, 0.5) is 0 Å². The Morgan fingerprint density at radius 3 is 2.45 bits per heavy atom. The molecule has 3 aromatic rings. The number of aryl methyl sites for hydroxylation is 1. The van der Waals surface area contributed by atoms with Gasteiger partial charge in [0, 0.05) is 5.56 Å². The molecule has 1 heterocycles. The lowest BCUT2D eigenvalue weighted by Crippen LogP contribution is -2.00. The van der Waals surface area contributed by atoms with Crippen LogP contribution in [0.25, 0.3) is 22.1 Å². The molecule has 100 valence electrons. The minimum Gasteiger partial charge on any atom is -0.497 e. The van der Waals surface area contributed by atoms with Crippen molar-refractivity contribution in [2.75, 3.05) is 7.11 Å². The van der Waals surface area contributed by atoms with Crippen molar-refractivity contribution >= 4 is 10.8 Å². The van der Waals surface area contributed by atoms with Crippen molar-refractivity contribution in [2.45, 2.75) is 6.92 Å². The van der Waals surface area contributed by atoms with Crippen molar-refractivity contribution in [3.63, 3.8) is 0 Å². The molecule has 0 fully saturated rings. The van der Waals surface area contributed by atoms with Gasteiger partial charge in [0.2, 0.25) is 0 Å². The zero-order chi connectivity index (χ0) is 14.1. The predicted octanol–water partition coefficient (Wildman–Crippen LogP) is 3.78. The molecule has 0 atom stereocenters. The molecule has 0 unspecified atom stereocenters. The zero-order valence-electron chi connectivity index (χ0n) is 11.3. The second kappa shape index (κ2) is 4.85. The number of methoxy groups -OCH3 is 1. The Morgan fingerprint density at radius 2 is 1.75 bits per heavy atom. The lowest BCUT2D eigenvalue weighted by Gasteiger charge is -2.05. The topological polar surface area (TPSA) is 39.4 Å². The summed E-state index contributed by atoms with van der Waals surface area (Å²) in [4.78, 5) is 12.0. The van der Waals surface area contributed by atoms with Crippen molar-refractivity contribution in [2.24, 2.45) is 0 Å². The van der Waals surface area contributed by atoms with Gasteiger partial charge in [-0.25, -0.2) is 4.79 Å². The second-order valence-corrected chi connectivity index (χ2v) is 4.72. The molecular formula is C17H14O3. The molecule has 0 saturated carbocycles. The fraction of sp³-hybridized carbons (Fsp3) is 0.118. The van der Waals surface area contributed by atoms with E-state index in [0.717, 1.165) is 16.7 Å². The van der Waals surface area contributed by atoms with E-state index in [1.54, 1.807) is 19.2 Å². The van der Waals surface area contributed by atoms with Crippen LogP contribution in [0.3, 0.4) is 0 Å². The first-order valence-electron chi connectivity index (χ1n) is 6.36. The standard InChI is InChI=1S/C17H14O3/c1-11-3-5-12(6-4-11)16-10-13-9-14(19-2)7-8-15(13)17(18)20-16/h3-10H,1-2H3. The molecule has 2 aromatic carbocycles. The third-order valence-electron chi connectivity index (χ3n) is 3.30. The molecule has 0 amide bonds. The van der Waals surface area contributed by atoms with Crippen molar-refractivity contribution in [1.82, 2.24) is 0 Å². The normalized spacial score (nSPS) is 10.7. The average molecular weight is 266 g/mol. The maximum Gasteiger partial charge on any atom is 0.344 e. The van der Waals surface area contributed by atoms with Crippen LogP contribution in [0.1, 0.15) is 5.56 Å². The number of fused-ring (bicyclic) bond motifs is 1. The van der Waals surface area contributed by atoms with Crippen molar-refractivity contribution in [3.8, 4) is 17.1 Å². The maximum atomic E-state index is 12.0. The lowest BCUT2D eigenvalue weighted by molar-refractivity contribution is 0.415. The Bertz CT molecular complexity index is 814. The minimum absolute atomic E-state index is 0.333. The van der Waals surface area contributed by atoms with Gasteiger partial charge in [-0.2, -0.15) is 0 Å². The summed E-state index contributed by atoms with van der Waals surface area (Å²) in [5.74, 6) is 1.29. The largest absolute Gasteiger partial charge is 0.497 e. The molecule has 1 aromatic heterocycles. The van der Waals surface area contributed by atoms with E-state index in [0.29, 0.717) is 11.1 Å². The maximum absolute atomic E-state index is 12.0. The first-order valence-corrected chi connectivity index (χ1v) is 6.36. The highest BCUT2D eigenvalue weighted by Gasteiger charge is 2.07. The monoisotopic (exact) mass is 266 g/mol. The van der Waals surface area contributed by atoms with Gasteiger partial charge in [-0.3, -0.25) is 0 Å². The van der Waals surface area contributed by atoms with Crippen LogP contribution in [-0.4, -0.2) is 7.11 Å². The summed E-state index contributed by atoms with van der Waals surface area (Å²) >= 11 is 0. The Labute approximate surface area is 116 Å². The zero-order valence-corrected chi connectivity index (χ0v) is 11.3. The Kier molecular flexibility index (Phi) is 3.03. The van der Waals surface area contributed by atoms with E-state index in [2.05, 4.69) is 0 Å². The molecule has 3 heteroatoms. The summed E-state index contributed by atoms with van der Waals surface area (Å²) in [5.41, 5.74) is 1.72. The van der Waals surface area contributed by atoms with E-state index < -0.39 is 0 Å². The molecule has 0 bridgehead atoms. The van der Waals surface area contributed by atoms with Crippen LogP contribution in [0.2, 0.25) is 0 Å². The van der Waals surface area contributed by atoms with Crippen LogP contribution >= 0.6 is 0 Å². The van der Waals surface area contributed by atoms with E-state index in [1.165, 1.54) is 5.56 Å². The molecule has 0 aliphatic heterocycles. The van der Waals surface area contributed by atoms with Crippen LogP contribution in [0.5, 0.6) is 5.75 Å². The van der Waals surface area contributed by atoms with Gasteiger partial charge in [-0.15, -0.1) is 0 Å². The third kappa shape index (κ3) is 2.18. The van der Waals surface area contributed by atoms with Gasteiger partial charge in [0.15, 0.2) is 0 Å². The van der Waals surface area contributed by atoms with E-state index in [4.69, 9.17) is 9.15 Å². The smallest absolute Gasteiger partial charge is 0.344 e. The first kappa shape index (κ1) is 12.5. The highest BCUT2D eigenvalue weighted by Crippen LogP contribution is 2.24. The van der Waals surface area contributed by atoms with Gasteiger partial charge in [0.25, 0.3) is 0 Å². The number of rotatable bonds is 2. The Balaban J connectivity index is 2.22. The van der Waals surface area contributed by atoms with Gasteiger partial charge < -0.3 is 9.15 Å². The number of ether oxygens (including phenoxy) is 1. The van der Waals surface area contributed by atoms with Crippen molar-refractivity contribution in [1.29, 1.82) is 0 Å². The van der Waals surface area contributed by atoms with Crippen LogP contribution in [0, 0.1) is 6.92 Å². The van der Waals surface area contributed by atoms with Crippen LogP contribution in [0.15, 0.2) is 57.7 Å². The molecule has 0 N–H and O–H groups in total. The van der Waals surface area contributed by atoms with E-state index >= 15 is 0 Å². The summed E-state index contributed by atoms with van der Waals surface area (Å²) in [6.45, 7) is 2.02. The van der Waals surface area contributed by atoms with Crippen LogP contribution < -0.4 is 10.4 Å². The molecule has 0 saturated heterocycles. The van der Waals surface area contributed by atoms with Crippen LogP contribution in [-0.2, 0) is 0 Å². The summed E-state index contributed by atoms with van der Waals surface area (Å²) in [7, 11) is 1.60. The van der Waals surface area contributed by atoms with Gasteiger partial charge in [-0.1, -0.05) is 29.8 Å². The van der Waals surface area contributed by atoms with Gasteiger partial charge in [-0.05, 0) is 36.6 Å². The van der Waals surface area contributed by atoms with Gasteiger partial charge in [0.1, 0.15) is 11.5 Å². The number of hydrogen-bond donors (Lipinski definition) is 0. The van der Waals surface area contributed by atoms with Gasteiger partial charge in [0.05, 0.1) is 12.5 Å². The summed E-state index contributed by atoms with van der Waals surface area (Å²) in [6.07, 6.45) is 0. The third-order valence-corrected chi connectivity index (χ3v) is 3.30. The van der Waals surface area contributed by atoms with Gasteiger partial charge >= 0.3 is 5.63 Å². The van der Waals surface area contributed by atoms with E-state index in [-0.39, 0.29) is 5.63 Å². The minimum atomic E-state index is -0.333. The Morgan fingerprint density at radius 1 is 1.00 bits per heavy atom. The quantitative estimate of drug-likeness (QED) is 0.708. The Hall–Kier alpha value is -2.55. The van der Waals surface area contributed by atoms with E-state index in [9.17, 15) is 4.79 Å². The molecule has 20 heavy (non-hydrogen) atoms. The molecule has 3 rings (SSSR count). The average Bonchev–Trinajstić information content (AvgIpc) is 2.47. The highest BCUT2D eigenvalue weighted by atomic mass is 16.5. The lowest BCUT2D eigenvalue weighted by atomic mass is 10.1. The molecule has 0 radical (unpaired) electrons.